The highest BCUT2D eigenvalue weighted by molar-refractivity contribution is 6.13. The van der Waals surface area contributed by atoms with Crippen LogP contribution in [0.3, 0.4) is 0 Å². The SMILES string of the molecule is c1ccc(-c2cc(-c3ccccc3)nc(-c3cccc4oc5ccc(-c6nc(-c7ccccc7)nc(-c7ccc8oc9ccccc9c8c7)n6)cc5c34)n2)cc1. The van der Waals surface area contributed by atoms with E-state index in [1.54, 1.807) is 0 Å². The highest BCUT2D eigenvalue weighted by Crippen LogP contribution is 2.39. The van der Waals surface area contributed by atoms with Gasteiger partial charge in [-0.25, -0.2) is 24.9 Å². The average molecular weight is 720 g/mol. The molecule has 0 fully saturated rings. The minimum atomic E-state index is 0.549. The first-order chi connectivity index (χ1) is 27.7. The maximum atomic E-state index is 6.47. The van der Waals surface area contributed by atoms with Crippen molar-refractivity contribution in [3.63, 3.8) is 0 Å². The molecule has 0 aliphatic heterocycles. The molecule has 0 spiro atoms. The molecule has 0 saturated carbocycles. The zero-order chi connectivity index (χ0) is 37.0. The van der Waals surface area contributed by atoms with Crippen LogP contribution >= 0.6 is 0 Å². The number of rotatable bonds is 6. The van der Waals surface area contributed by atoms with Crippen LogP contribution in [0, 0.1) is 0 Å². The van der Waals surface area contributed by atoms with Gasteiger partial charge in [0, 0.05) is 54.9 Å². The van der Waals surface area contributed by atoms with Gasteiger partial charge < -0.3 is 8.83 Å². The average Bonchev–Trinajstić information content (AvgIpc) is 3.85. The normalized spacial score (nSPS) is 11.6. The monoisotopic (exact) mass is 719 g/mol. The lowest BCUT2D eigenvalue weighted by molar-refractivity contribution is 0.668. The van der Waals surface area contributed by atoms with E-state index in [0.29, 0.717) is 23.3 Å². The Kier molecular flexibility index (Phi) is 7.35. The summed E-state index contributed by atoms with van der Waals surface area (Å²) in [5, 5.41) is 3.89. The highest BCUT2D eigenvalue weighted by atomic mass is 16.3. The molecule has 0 N–H and O–H groups in total. The fourth-order valence-electron chi connectivity index (χ4n) is 7.45. The molecule has 262 valence electrons. The zero-order valence-corrected chi connectivity index (χ0v) is 29.8. The van der Waals surface area contributed by atoms with E-state index in [0.717, 1.165) is 88.6 Å². The molecule has 0 aliphatic rings. The van der Waals surface area contributed by atoms with Gasteiger partial charge in [0.2, 0.25) is 0 Å². The predicted octanol–water partition coefficient (Wildman–Crippen LogP) is 12.5. The number of aromatic nitrogens is 5. The minimum Gasteiger partial charge on any atom is -0.456 e. The quantitative estimate of drug-likeness (QED) is 0.169. The highest BCUT2D eigenvalue weighted by Gasteiger charge is 2.20. The molecule has 0 atom stereocenters. The maximum Gasteiger partial charge on any atom is 0.164 e. The fourth-order valence-corrected chi connectivity index (χ4v) is 7.45. The second-order valence-electron chi connectivity index (χ2n) is 13.7. The van der Waals surface area contributed by atoms with Gasteiger partial charge in [-0.1, -0.05) is 121 Å². The van der Waals surface area contributed by atoms with E-state index < -0.39 is 0 Å². The largest absolute Gasteiger partial charge is 0.456 e. The molecule has 0 bridgehead atoms. The molecule has 4 aromatic heterocycles. The molecule has 7 nitrogen and oxygen atoms in total. The fraction of sp³-hybridized carbons (Fsp3) is 0. The van der Waals surface area contributed by atoms with E-state index in [4.69, 9.17) is 33.8 Å². The van der Waals surface area contributed by atoms with E-state index in [1.807, 2.05) is 121 Å². The van der Waals surface area contributed by atoms with Gasteiger partial charge in [-0.15, -0.1) is 0 Å². The Bertz CT molecular complexity index is 3190. The minimum absolute atomic E-state index is 0.549. The Morgan fingerprint density at radius 2 is 0.768 bits per heavy atom. The van der Waals surface area contributed by atoms with Gasteiger partial charge in [-0.2, -0.15) is 0 Å². The van der Waals surface area contributed by atoms with Crippen LogP contribution in [0.25, 0.3) is 112 Å². The van der Waals surface area contributed by atoms with Crippen molar-refractivity contribution in [3.8, 4) is 68.1 Å². The van der Waals surface area contributed by atoms with Gasteiger partial charge in [0.1, 0.15) is 22.3 Å². The molecule has 7 aromatic carbocycles. The molecule has 11 rings (SSSR count). The third-order valence-electron chi connectivity index (χ3n) is 10.2. The molecular weight excluding hydrogens is 691 g/mol. The third-order valence-corrected chi connectivity index (χ3v) is 10.2. The van der Waals surface area contributed by atoms with Crippen molar-refractivity contribution < 1.29 is 8.83 Å². The number of fused-ring (bicyclic) bond motifs is 6. The number of hydrogen-bond donors (Lipinski definition) is 0. The van der Waals surface area contributed by atoms with E-state index in [9.17, 15) is 0 Å². The number of furan rings is 2. The van der Waals surface area contributed by atoms with E-state index in [1.165, 1.54) is 0 Å². The summed E-state index contributed by atoms with van der Waals surface area (Å²) >= 11 is 0. The third kappa shape index (κ3) is 5.49. The predicted molar refractivity (Wildman–Crippen MR) is 223 cm³/mol. The summed E-state index contributed by atoms with van der Waals surface area (Å²) < 4.78 is 12.6. The van der Waals surface area contributed by atoms with Crippen molar-refractivity contribution in [3.05, 3.63) is 176 Å². The first-order valence-electron chi connectivity index (χ1n) is 18.4. The van der Waals surface area contributed by atoms with E-state index in [2.05, 4.69) is 54.6 Å². The molecule has 0 radical (unpaired) electrons. The first kappa shape index (κ1) is 31.7. The molecule has 56 heavy (non-hydrogen) atoms. The van der Waals surface area contributed by atoms with Crippen LogP contribution in [0.15, 0.2) is 185 Å². The summed E-state index contributed by atoms with van der Waals surface area (Å²) in [5.74, 6) is 2.31. The molecule has 11 aromatic rings. The van der Waals surface area contributed by atoms with Gasteiger partial charge in [0.15, 0.2) is 23.3 Å². The van der Waals surface area contributed by atoms with Crippen LogP contribution in [0.1, 0.15) is 0 Å². The molecule has 0 amide bonds. The van der Waals surface area contributed by atoms with E-state index >= 15 is 0 Å². The van der Waals surface area contributed by atoms with Crippen LogP contribution < -0.4 is 0 Å². The van der Waals surface area contributed by atoms with E-state index in [-0.39, 0.29) is 0 Å². The Morgan fingerprint density at radius 1 is 0.286 bits per heavy atom. The van der Waals surface area contributed by atoms with Crippen molar-refractivity contribution >= 4 is 43.9 Å². The lowest BCUT2D eigenvalue weighted by atomic mass is 10.0. The van der Waals surface area contributed by atoms with Crippen LogP contribution in [0.4, 0.5) is 0 Å². The standard InChI is InChI=1S/C49H29N5O2/c1-4-13-30(14-5-1)39-29-40(31-15-6-2-7-16-31)51-49(50-39)36-20-12-22-44-45(36)38-28-34(24-26-43(38)56-44)48-53-46(32-17-8-3-9-18-32)52-47(54-48)33-23-25-42-37(27-33)35-19-10-11-21-41(35)55-42/h1-29H. The molecule has 4 heterocycles. The van der Waals surface area contributed by atoms with Crippen molar-refractivity contribution in [1.82, 2.24) is 24.9 Å². The van der Waals surface area contributed by atoms with Crippen LogP contribution in [0.2, 0.25) is 0 Å². The van der Waals surface area contributed by atoms with Gasteiger partial charge in [-0.05, 0) is 54.6 Å². The summed E-state index contributed by atoms with van der Waals surface area (Å²) in [7, 11) is 0. The Morgan fingerprint density at radius 3 is 1.41 bits per heavy atom. The second kappa shape index (κ2) is 13.0. The van der Waals surface area contributed by atoms with Crippen molar-refractivity contribution in [2.24, 2.45) is 0 Å². The smallest absolute Gasteiger partial charge is 0.164 e. The molecule has 0 aliphatic carbocycles. The zero-order valence-electron chi connectivity index (χ0n) is 29.8. The topological polar surface area (TPSA) is 90.7 Å². The lowest BCUT2D eigenvalue weighted by Gasteiger charge is -2.10. The Hall–Kier alpha value is -7.77. The Labute approximate surface area is 320 Å². The van der Waals surface area contributed by atoms with Crippen molar-refractivity contribution in [2.45, 2.75) is 0 Å². The van der Waals surface area contributed by atoms with Gasteiger partial charge in [-0.3, -0.25) is 0 Å². The van der Waals surface area contributed by atoms with Gasteiger partial charge in [0.25, 0.3) is 0 Å². The van der Waals surface area contributed by atoms with Crippen molar-refractivity contribution in [2.75, 3.05) is 0 Å². The summed E-state index contributed by atoms with van der Waals surface area (Å²) in [6, 6.07) is 58.8. The number of benzene rings is 7. The maximum absolute atomic E-state index is 6.47. The number of hydrogen-bond acceptors (Lipinski definition) is 7. The summed E-state index contributed by atoms with van der Waals surface area (Å²) in [5.41, 5.74) is 10.3. The van der Waals surface area contributed by atoms with Crippen molar-refractivity contribution in [1.29, 1.82) is 0 Å². The molecular formula is C49H29N5O2. The van der Waals surface area contributed by atoms with Crippen LogP contribution in [-0.4, -0.2) is 24.9 Å². The van der Waals surface area contributed by atoms with Gasteiger partial charge >= 0.3 is 0 Å². The summed E-state index contributed by atoms with van der Waals surface area (Å²) in [6.07, 6.45) is 0. The van der Waals surface area contributed by atoms with Crippen LogP contribution in [-0.2, 0) is 0 Å². The molecule has 0 saturated heterocycles. The molecule has 0 unspecified atom stereocenters. The van der Waals surface area contributed by atoms with Gasteiger partial charge in [0.05, 0.1) is 11.4 Å². The lowest BCUT2D eigenvalue weighted by Crippen LogP contribution is -2.00. The number of nitrogens with zero attached hydrogens (tertiary/aromatic N) is 5. The Balaban J connectivity index is 1.10. The van der Waals surface area contributed by atoms with Crippen LogP contribution in [0.5, 0.6) is 0 Å². The number of para-hydroxylation sites is 1. The summed E-state index contributed by atoms with van der Waals surface area (Å²) in [4.78, 5) is 25.5. The molecule has 7 heteroatoms. The second-order valence-corrected chi connectivity index (χ2v) is 13.7. The summed E-state index contributed by atoms with van der Waals surface area (Å²) in [6.45, 7) is 0. The first-order valence-corrected chi connectivity index (χ1v) is 18.4.